The molecular formula is C20H29N5O4. The molecule has 1 aromatic heterocycles. The van der Waals surface area contributed by atoms with Crippen LogP contribution < -0.4 is 5.32 Å². The summed E-state index contributed by atoms with van der Waals surface area (Å²) in [5.41, 5.74) is 1.38. The van der Waals surface area contributed by atoms with Crippen molar-refractivity contribution in [2.45, 2.75) is 44.6 Å². The number of morpholine rings is 1. The van der Waals surface area contributed by atoms with Gasteiger partial charge in [0.25, 0.3) is 5.91 Å². The maximum Gasteiger partial charge on any atom is 0.274 e. The molecule has 158 valence electrons. The van der Waals surface area contributed by atoms with Crippen molar-refractivity contribution in [3.8, 4) is 0 Å². The maximum atomic E-state index is 12.7. The number of nitrogens with zero attached hydrogens (tertiary/aromatic N) is 4. The summed E-state index contributed by atoms with van der Waals surface area (Å²) in [7, 11) is 0. The number of amides is 3. The van der Waals surface area contributed by atoms with E-state index in [1.165, 1.54) is 0 Å². The van der Waals surface area contributed by atoms with Crippen molar-refractivity contribution in [2.75, 3.05) is 45.9 Å². The zero-order valence-corrected chi connectivity index (χ0v) is 16.8. The fourth-order valence-corrected chi connectivity index (χ4v) is 3.93. The van der Waals surface area contributed by atoms with E-state index >= 15 is 0 Å². The Kier molecular flexibility index (Phi) is 6.13. The molecule has 1 aliphatic carbocycles. The van der Waals surface area contributed by atoms with E-state index in [9.17, 15) is 14.4 Å². The van der Waals surface area contributed by atoms with Gasteiger partial charge in [-0.3, -0.25) is 19.1 Å². The quantitative estimate of drug-likeness (QED) is 0.633. The molecule has 2 aliphatic heterocycles. The number of nitrogens with one attached hydrogen (secondary N) is 1. The lowest BCUT2D eigenvalue weighted by atomic mass is 10.2. The van der Waals surface area contributed by atoms with Crippen LogP contribution in [0.5, 0.6) is 0 Å². The van der Waals surface area contributed by atoms with Crippen molar-refractivity contribution < 1.29 is 19.1 Å². The molecule has 3 fully saturated rings. The standard InChI is InChI=1S/C20H29N5O4/c26-18(21-6-2-8-23-7-1-3-19(23)27)14-25-17(15-4-5-15)13-16(22-25)20(28)24-9-11-29-12-10-24/h13,15H,1-12,14H2,(H,21,26). The third-order valence-electron chi connectivity index (χ3n) is 5.72. The molecular weight excluding hydrogens is 374 g/mol. The van der Waals surface area contributed by atoms with Gasteiger partial charge >= 0.3 is 0 Å². The summed E-state index contributed by atoms with van der Waals surface area (Å²) in [6.45, 7) is 4.40. The van der Waals surface area contributed by atoms with Gasteiger partial charge in [0.15, 0.2) is 5.69 Å². The molecule has 29 heavy (non-hydrogen) atoms. The van der Waals surface area contributed by atoms with E-state index in [2.05, 4.69) is 10.4 Å². The van der Waals surface area contributed by atoms with Gasteiger partial charge in [-0.25, -0.2) is 0 Å². The summed E-state index contributed by atoms with van der Waals surface area (Å²) < 4.78 is 6.99. The first-order valence-corrected chi connectivity index (χ1v) is 10.6. The highest BCUT2D eigenvalue weighted by atomic mass is 16.5. The SMILES string of the molecule is O=C(Cn1nc(C(=O)N2CCOCC2)cc1C1CC1)NCCCN1CCCC1=O. The largest absolute Gasteiger partial charge is 0.378 e. The predicted octanol–water partition coefficient (Wildman–Crippen LogP) is 0.362. The van der Waals surface area contributed by atoms with Crippen molar-refractivity contribution in [1.82, 2.24) is 24.9 Å². The fourth-order valence-electron chi connectivity index (χ4n) is 3.93. The first kappa shape index (κ1) is 19.9. The Balaban J connectivity index is 1.30. The molecule has 0 unspecified atom stereocenters. The van der Waals surface area contributed by atoms with Crippen LogP contribution in [0.4, 0.5) is 0 Å². The van der Waals surface area contributed by atoms with Crippen LogP contribution in [0, 0.1) is 0 Å². The second-order valence-corrected chi connectivity index (χ2v) is 7.98. The number of likely N-dealkylation sites (tertiary alicyclic amines) is 1. The Bertz CT molecular complexity index is 767. The summed E-state index contributed by atoms with van der Waals surface area (Å²) in [4.78, 5) is 40.3. The van der Waals surface area contributed by atoms with Gasteiger partial charge in [0, 0.05) is 50.8 Å². The summed E-state index contributed by atoms with van der Waals surface area (Å²) >= 11 is 0. The van der Waals surface area contributed by atoms with Crippen molar-refractivity contribution in [3.05, 3.63) is 17.5 Å². The van der Waals surface area contributed by atoms with Crippen LogP contribution in [-0.2, 0) is 20.9 Å². The van der Waals surface area contributed by atoms with Gasteiger partial charge < -0.3 is 19.9 Å². The third kappa shape index (κ3) is 4.95. The average molecular weight is 403 g/mol. The number of aromatic nitrogens is 2. The second kappa shape index (κ2) is 8.94. The van der Waals surface area contributed by atoms with Crippen molar-refractivity contribution in [2.24, 2.45) is 0 Å². The van der Waals surface area contributed by atoms with Gasteiger partial charge in [-0.1, -0.05) is 0 Å². The molecule has 3 aliphatic rings. The van der Waals surface area contributed by atoms with E-state index in [1.807, 2.05) is 11.0 Å². The molecule has 9 heteroatoms. The molecule has 0 radical (unpaired) electrons. The first-order chi connectivity index (χ1) is 14.1. The van der Waals surface area contributed by atoms with E-state index in [1.54, 1.807) is 9.58 Å². The molecule has 3 amide bonds. The van der Waals surface area contributed by atoms with Gasteiger partial charge in [-0.2, -0.15) is 5.10 Å². The topological polar surface area (TPSA) is 96.8 Å². The number of carbonyl (C=O) groups is 3. The fraction of sp³-hybridized carbons (Fsp3) is 0.700. The van der Waals surface area contributed by atoms with Crippen LogP contribution in [0.2, 0.25) is 0 Å². The van der Waals surface area contributed by atoms with Gasteiger partial charge in [0.05, 0.1) is 13.2 Å². The van der Waals surface area contributed by atoms with Crippen LogP contribution in [-0.4, -0.2) is 83.2 Å². The molecule has 2 saturated heterocycles. The molecule has 0 spiro atoms. The second-order valence-electron chi connectivity index (χ2n) is 7.98. The summed E-state index contributed by atoms with van der Waals surface area (Å²) in [5, 5.41) is 7.37. The Labute approximate surface area is 170 Å². The van der Waals surface area contributed by atoms with E-state index in [0.29, 0.717) is 57.4 Å². The lowest BCUT2D eigenvalue weighted by molar-refractivity contribution is -0.127. The van der Waals surface area contributed by atoms with Crippen LogP contribution in [0.3, 0.4) is 0 Å². The molecule has 1 N–H and O–H groups in total. The van der Waals surface area contributed by atoms with Gasteiger partial charge in [0.1, 0.15) is 6.54 Å². The van der Waals surface area contributed by atoms with E-state index in [-0.39, 0.29) is 24.3 Å². The highest BCUT2D eigenvalue weighted by Crippen LogP contribution is 2.40. The van der Waals surface area contributed by atoms with Crippen LogP contribution >= 0.6 is 0 Å². The molecule has 0 aromatic carbocycles. The Morgan fingerprint density at radius 1 is 1.21 bits per heavy atom. The number of rotatable bonds is 8. The summed E-state index contributed by atoms with van der Waals surface area (Å²) in [6.07, 6.45) is 4.46. The zero-order valence-electron chi connectivity index (χ0n) is 16.8. The zero-order chi connectivity index (χ0) is 20.2. The maximum absolute atomic E-state index is 12.7. The van der Waals surface area contributed by atoms with Gasteiger partial charge in [-0.15, -0.1) is 0 Å². The predicted molar refractivity (Wildman–Crippen MR) is 104 cm³/mol. The minimum Gasteiger partial charge on any atom is -0.378 e. The van der Waals surface area contributed by atoms with Crippen LogP contribution in [0.1, 0.15) is 54.2 Å². The van der Waals surface area contributed by atoms with Crippen molar-refractivity contribution in [1.29, 1.82) is 0 Å². The number of carbonyl (C=O) groups excluding carboxylic acids is 3. The third-order valence-corrected chi connectivity index (χ3v) is 5.72. The van der Waals surface area contributed by atoms with Crippen LogP contribution in [0.15, 0.2) is 6.07 Å². The number of hydrogen-bond acceptors (Lipinski definition) is 5. The van der Waals surface area contributed by atoms with Crippen LogP contribution in [0.25, 0.3) is 0 Å². The van der Waals surface area contributed by atoms with E-state index < -0.39 is 0 Å². The van der Waals surface area contributed by atoms with Gasteiger partial charge in [-0.05, 0) is 31.7 Å². The van der Waals surface area contributed by atoms with E-state index in [4.69, 9.17) is 4.74 Å². The molecule has 1 aromatic rings. The number of hydrogen-bond donors (Lipinski definition) is 1. The molecule has 9 nitrogen and oxygen atoms in total. The lowest BCUT2D eigenvalue weighted by Crippen LogP contribution is -2.41. The first-order valence-electron chi connectivity index (χ1n) is 10.6. The molecule has 0 bridgehead atoms. The normalized spacial score (nSPS) is 19.7. The highest BCUT2D eigenvalue weighted by Gasteiger charge is 2.31. The summed E-state index contributed by atoms with van der Waals surface area (Å²) in [6, 6.07) is 1.85. The van der Waals surface area contributed by atoms with Gasteiger partial charge in [0.2, 0.25) is 11.8 Å². The monoisotopic (exact) mass is 403 g/mol. The van der Waals surface area contributed by atoms with E-state index in [0.717, 1.165) is 37.9 Å². The molecule has 3 heterocycles. The molecule has 1 saturated carbocycles. The number of ether oxygens (including phenoxy) is 1. The average Bonchev–Trinajstić information content (AvgIpc) is 3.37. The Morgan fingerprint density at radius 3 is 2.69 bits per heavy atom. The lowest BCUT2D eigenvalue weighted by Gasteiger charge is -2.25. The van der Waals surface area contributed by atoms with Crippen molar-refractivity contribution in [3.63, 3.8) is 0 Å². The Morgan fingerprint density at radius 2 is 2.00 bits per heavy atom. The summed E-state index contributed by atoms with van der Waals surface area (Å²) in [5.74, 6) is 0.389. The minimum atomic E-state index is -0.117. The molecule has 0 atom stereocenters. The Hall–Kier alpha value is -2.42. The molecule has 4 rings (SSSR count). The van der Waals surface area contributed by atoms with Crippen molar-refractivity contribution >= 4 is 17.7 Å². The smallest absolute Gasteiger partial charge is 0.274 e. The highest BCUT2D eigenvalue weighted by molar-refractivity contribution is 5.92. The minimum absolute atomic E-state index is 0.0929.